The van der Waals surface area contributed by atoms with Crippen molar-refractivity contribution in [2.75, 3.05) is 0 Å². The Hall–Kier alpha value is -2.74. The van der Waals surface area contributed by atoms with Crippen molar-refractivity contribution in [3.63, 3.8) is 0 Å². The van der Waals surface area contributed by atoms with Gasteiger partial charge in [0.05, 0.1) is 6.10 Å². The van der Waals surface area contributed by atoms with E-state index in [1.165, 1.54) is 16.7 Å². The Morgan fingerprint density at radius 1 is 0.800 bits per heavy atom. The van der Waals surface area contributed by atoms with E-state index >= 15 is 0 Å². The second-order valence-corrected chi connectivity index (χ2v) is 6.45. The molecule has 0 aliphatic carbocycles. The quantitative estimate of drug-likeness (QED) is 0.549. The fourth-order valence-electron chi connectivity index (χ4n) is 2.82. The SMILES string of the molecule is Cc1cc(OC(C)C)ccc1-c1cccc(COc2ccccc2)c1. The summed E-state index contributed by atoms with van der Waals surface area (Å²) >= 11 is 0. The van der Waals surface area contributed by atoms with Crippen molar-refractivity contribution < 1.29 is 9.47 Å². The highest BCUT2D eigenvalue weighted by Gasteiger charge is 2.06. The molecule has 0 radical (unpaired) electrons. The monoisotopic (exact) mass is 332 g/mol. The molecule has 2 nitrogen and oxygen atoms in total. The van der Waals surface area contributed by atoms with Crippen LogP contribution in [-0.4, -0.2) is 6.10 Å². The molecule has 0 saturated carbocycles. The van der Waals surface area contributed by atoms with Gasteiger partial charge in [-0.1, -0.05) is 42.5 Å². The van der Waals surface area contributed by atoms with Gasteiger partial charge in [-0.15, -0.1) is 0 Å². The summed E-state index contributed by atoms with van der Waals surface area (Å²) in [6.45, 7) is 6.76. The van der Waals surface area contributed by atoms with Gasteiger partial charge >= 0.3 is 0 Å². The van der Waals surface area contributed by atoms with E-state index in [-0.39, 0.29) is 6.10 Å². The maximum absolute atomic E-state index is 5.86. The minimum absolute atomic E-state index is 0.184. The molecule has 0 unspecified atom stereocenters. The maximum atomic E-state index is 5.86. The van der Waals surface area contributed by atoms with Crippen LogP contribution in [0.1, 0.15) is 25.0 Å². The highest BCUT2D eigenvalue weighted by Crippen LogP contribution is 2.28. The minimum atomic E-state index is 0.184. The highest BCUT2D eigenvalue weighted by molar-refractivity contribution is 5.68. The molecule has 0 fully saturated rings. The van der Waals surface area contributed by atoms with Gasteiger partial charge in [-0.3, -0.25) is 0 Å². The third kappa shape index (κ3) is 4.63. The largest absolute Gasteiger partial charge is 0.491 e. The normalized spacial score (nSPS) is 10.7. The molecule has 0 aliphatic heterocycles. The molecule has 2 heteroatoms. The summed E-state index contributed by atoms with van der Waals surface area (Å²) in [5, 5.41) is 0. The Morgan fingerprint density at radius 3 is 2.32 bits per heavy atom. The Kier molecular flexibility index (Phi) is 5.39. The zero-order chi connectivity index (χ0) is 17.6. The summed E-state index contributed by atoms with van der Waals surface area (Å²) in [4.78, 5) is 0. The number of hydrogen-bond acceptors (Lipinski definition) is 2. The van der Waals surface area contributed by atoms with Gasteiger partial charge in [0.25, 0.3) is 0 Å². The van der Waals surface area contributed by atoms with E-state index in [2.05, 4.69) is 43.3 Å². The van der Waals surface area contributed by atoms with E-state index in [1.54, 1.807) is 0 Å². The highest BCUT2D eigenvalue weighted by atomic mass is 16.5. The third-order valence-corrected chi connectivity index (χ3v) is 3.96. The lowest BCUT2D eigenvalue weighted by Gasteiger charge is -2.13. The van der Waals surface area contributed by atoms with E-state index in [9.17, 15) is 0 Å². The van der Waals surface area contributed by atoms with Crippen LogP contribution in [0.3, 0.4) is 0 Å². The smallest absolute Gasteiger partial charge is 0.119 e. The van der Waals surface area contributed by atoms with Gasteiger partial charge in [0, 0.05) is 0 Å². The Morgan fingerprint density at radius 2 is 1.60 bits per heavy atom. The predicted octanol–water partition coefficient (Wildman–Crippen LogP) is 6.03. The van der Waals surface area contributed by atoms with Crippen molar-refractivity contribution in [1.29, 1.82) is 0 Å². The summed E-state index contributed by atoms with van der Waals surface area (Å²) in [6, 6.07) is 24.7. The summed E-state index contributed by atoms with van der Waals surface area (Å²) in [5.74, 6) is 1.80. The number of benzene rings is 3. The standard InChI is InChI=1S/C23H24O2/c1-17(2)25-22-12-13-23(18(3)14-22)20-9-7-8-19(15-20)16-24-21-10-5-4-6-11-21/h4-15,17H,16H2,1-3H3. The van der Waals surface area contributed by atoms with Crippen LogP contribution in [0.2, 0.25) is 0 Å². The Balaban J connectivity index is 1.77. The molecule has 0 N–H and O–H groups in total. The number of para-hydroxylation sites is 1. The predicted molar refractivity (Wildman–Crippen MR) is 103 cm³/mol. The first kappa shape index (κ1) is 17.1. The number of rotatable bonds is 6. The average Bonchev–Trinajstić information content (AvgIpc) is 2.61. The first-order valence-corrected chi connectivity index (χ1v) is 8.66. The fourth-order valence-corrected chi connectivity index (χ4v) is 2.82. The second kappa shape index (κ2) is 7.89. The van der Waals surface area contributed by atoms with Gasteiger partial charge in [0.1, 0.15) is 18.1 Å². The Bertz CT molecular complexity index is 823. The van der Waals surface area contributed by atoms with Gasteiger partial charge in [-0.2, -0.15) is 0 Å². The van der Waals surface area contributed by atoms with E-state index in [0.29, 0.717) is 6.61 Å². The minimum Gasteiger partial charge on any atom is -0.491 e. The first-order valence-electron chi connectivity index (χ1n) is 8.66. The van der Waals surface area contributed by atoms with Crippen LogP contribution in [-0.2, 0) is 6.61 Å². The van der Waals surface area contributed by atoms with Crippen LogP contribution in [0.25, 0.3) is 11.1 Å². The molecule has 0 heterocycles. The van der Waals surface area contributed by atoms with E-state index < -0.39 is 0 Å². The van der Waals surface area contributed by atoms with Crippen molar-refractivity contribution in [2.24, 2.45) is 0 Å². The van der Waals surface area contributed by atoms with Crippen molar-refractivity contribution in [3.8, 4) is 22.6 Å². The Labute approximate surface area is 150 Å². The van der Waals surface area contributed by atoms with Gasteiger partial charge in [0.2, 0.25) is 0 Å². The van der Waals surface area contributed by atoms with Crippen LogP contribution in [0.5, 0.6) is 11.5 Å². The molecule has 0 aromatic heterocycles. The molecule has 0 aliphatic rings. The molecular weight excluding hydrogens is 308 g/mol. The van der Waals surface area contributed by atoms with Gasteiger partial charge in [-0.05, 0) is 73.4 Å². The van der Waals surface area contributed by atoms with E-state index in [0.717, 1.165) is 17.1 Å². The van der Waals surface area contributed by atoms with Crippen molar-refractivity contribution in [3.05, 3.63) is 83.9 Å². The van der Waals surface area contributed by atoms with Crippen molar-refractivity contribution in [1.82, 2.24) is 0 Å². The van der Waals surface area contributed by atoms with E-state index in [1.807, 2.05) is 50.2 Å². The molecule has 25 heavy (non-hydrogen) atoms. The maximum Gasteiger partial charge on any atom is 0.119 e. The lowest BCUT2D eigenvalue weighted by Crippen LogP contribution is -2.05. The third-order valence-electron chi connectivity index (χ3n) is 3.96. The van der Waals surface area contributed by atoms with Crippen LogP contribution in [0.15, 0.2) is 72.8 Å². The lowest BCUT2D eigenvalue weighted by atomic mass is 9.99. The molecular formula is C23H24O2. The number of ether oxygens (including phenoxy) is 2. The molecule has 128 valence electrons. The zero-order valence-corrected chi connectivity index (χ0v) is 15.0. The summed E-state index contributed by atoms with van der Waals surface area (Å²) in [7, 11) is 0. The molecule has 0 spiro atoms. The molecule has 0 bridgehead atoms. The summed E-state index contributed by atoms with van der Waals surface area (Å²) in [5.41, 5.74) is 4.78. The molecule has 0 saturated heterocycles. The topological polar surface area (TPSA) is 18.5 Å². The molecule has 0 atom stereocenters. The molecule has 3 rings (SSSR count). The average molecular weight is 332 g/mol. The zero-order valence-electron chi connectivity index (χ0n) is 15.0. The summed E-state index contributed by atoms with van der Waals surface area (Å²) in [6.07, 6.45) is 0.184. The van der Waals surface area contributed by atoms with Crippen LogP contribution in [0, 0.1) is 6.92 Å². The molecule has 3 aromatic carbocycles. The van der Waals surface area contributed by atoms with Crippen molar-refractivity contribution >= 4 is 0 Å². The number of hydrogen-bond donors (Lipinski definition) is 0. The molecule has 0 amide bonds. The van der Waals surface area contributed by atoms with Gasteiger partial charge in [0.15, 0.2) is 0 Å². The van der Waals surface area contributed by atoms with Crippen LogP contribution >= 0.6 is 0 Å². The van der Waals surface area contributed by atoms with E-state index in [4.69, 9.17) is 9.47 Å². The first-order chi connectivity index (χ1) is 12.1. The van der Waals surface area contributed by atoms with Gasteiger partial charge < -0.3 is 9.47 Å². The number of aryl methyl sites for hydroxylation is 1. The van der Waals surface area contributed by atoms with Crippen LogP contribution in [0.4, 0.5) is 0 Å². The van der Waals surface area contributed by atoms with Crippen molar-refractivity contribution in [2.45, 2.75) is 33.5 Å². The second-order valence-electron chi connectivity index (χ2n) is 6.45. The van der Waals surface area contributed by atoms with Gasteiger partial charge in [-0.25, -0.2) is 0 Å². The van der Waals surface area contributed by atoms with Crippen LogP contribution < -0.4 is 9.47 Å². The summed E-state index contributed by atoms with van der Waals surface area (Å²) < 4.78 is 11.6. The lowest BCUT2D eigenvalue weighted by molar-refractivity contribution is 0.242. The fraction of sp³-hybridized carbons (Fsp3) is 0.217. The molecule has 3 aromatic rings.